The minimum absolute atomic E-state index is 0.656. The van der Waals surface area contributed by atoms with Gasteiger partial charge in [-0.3, -0.25) is 0 Å². The first-order chi connectivity index (χ1) is 9.83. The van der Waals surface area contributed by atoms with E-state index in [2.05, 4.69) is 17.5 Å². The number of rotatable bonds is 8. The van der Waals surface area contributed by atoms with E-state index >= 15 is 0 Å². The molecule has 110 valence electrons. The lowest BCUT2D eigenvalue weighted by atomic mass is 10.1. The first-order valence-electron chi connectivity index (χ1n) is 7.52. The Morgan fingerprint density at radius 1 is 1.25 bits per heavy atom. The Bertz CT molecular complexity index is 454. The van der Waals surface area contributed by atoms with Crippen LogP contribution in [0.3, 0.4) is 0 Å². The summed E-state index contributed by atoms with van der Waals surface area (Å²) in [5, 5.41) is 3.49. The van der Waals surface area contributed by atoms with E-state index in [4.69, 9.17) is 9.47 Å². The number of methoxy groups -OCH3 is 1. The molecule has 3 nitrogen and oxygen atoms in total. The van der Waals surface area contributed by atoms with Gasteiger partial charge in [0, 0.05) is 6.54 Å². The maximum atomic E-state index is 5.52. The monoisotopic (exact) mass is 275 g/mol. The van der Waals surface area contributed by atoms with Crippen molar-refractivity contribution < 1.29 is 9.47 Å². The molecule has 1 aliphatic carbocycles. The highest BCUT2D eigenvalue weighted by atomic mass is 16.5. The first-order valence-corrected chi connectivity index (χ1v) is 7.52. The van der Waals surface area contributed by atoms with Crippen molar-refractivity contribution in [1.82, 2.24) is 5.32 Å². The Hall–Kier alpha value is -1.48. The van der Waals surface area contributed by atoms with Crippen LogP contribution in [0.25, 0.3) is 0 Å². The fourth-order valence-electron chi connectivity index (χ4n) is 2.54. The Balaban J connectivity index is 1.80. The summed E-state index contributed by atoms with van der Waals surface area (Å²) in [5.41, 5.74) is 2.84. The maximum absolute atomic E-state index is 5.52. The van der Waals surface area contributed by atoms with E-state index in [0.29, 0.717) is 6.61 Å². The van der Waals surface area contributed by atoms with E-state index in [-0.39, 0.29) is 0 Å². The number of nitrogens with one attached hydrogen (secondary N) is 1. The molecule has 1 aromatic carbocycles. The third-order valence-electron chi connectivity index (χ3n) is 3.61. The van der Waals surface area contributed by atoms with Crippen LogP contribution in [0.5, 0.6) is 11.5 Å². The Labute approximate surface area is 122 Å². The maximum Gasteiger partial charge on any atom is 0.161 e. The quantitative estimate of drug-likeness (QED) is 0.580. The lowest BCUT2D eigenvalue weighted by Crippen LogP contribution is -2.15. The average Bonchev–Trinajstić information content (AvgIpc) is 2.98. The summed E-state index contributed by atoms with van der Waals surface area (Å²) in [6, 6.07) is 6.13. The second-order valence-corrected chi connectivity index (χ2v) is 5.10. The standard InChI is InChI=1S/C17H25NO2/c1-3-20-16-9-8-15(12-17(16)19-2)13-18-11-10-14-6-4-5-7-14/h6,8-9,12,18H,3-5,7,10-11,13H2,1-2H3. The van der Waals surface area contributed by atoms with E-state index in [9.17, 15) is 0 Å². The van der Waals surface area contributed by atoms with E-state index < -0.39 is 0 Å². The third kappa shape index (κ3) is 4.27. The molecular formula is C17H25NO2. The van der Waals surface area contributed by atoms with E-state index in [1.807, 2.05) is 19.1 Å². The number of ether oxygens (including phenoxy) is 2. The summed E-state index contributed by atoms with van der Waals surface area (Å²) >= 11 is 0. The molecule has 0 amide bonds. The predicted molar refractivity (Wildman–Crippen MR) is 82.4 cm³/mol. The van der Waals surface area contributed by atoms with Crippen LogP contribution in [0.2, 0.25) is 0 Å². The lowest BCUT2D eigenvalue weighted by molar-refractivity contribution is 0.310. The zero-order valence-electron chi connectivity index (χ0n) is 12.6. The molecule has 0 aromatic heterocycles. The van der Waals surface area contributed by atoms with Crippen LogP contribution in [0, 0.1) is 0 Å². The van der Waals surface area contributed by atoms with Crippen molar-refractivity contribution >= 4 is 0 Å². The van der Waals surface area contributed by atoms with Crippen LogP contribution < -0.4 is 14.8 Å². The van der Waals surface area contributed by atoms with Crippen molar-refractivity contribution in [2.75, 3.05) is 20.3 Å². The van der Waals surface area contributed by atoms with Crippen LogP contribution in [0.15, 0.2) is 29.8 Å². The molecule has 0 aliphatic heterocycles. The van der Waals surface area contributed by atoms with Crippen molar-refractivity contribution in [3.8, 4) is 11.5 Å². The fourth-order valence-corrected chi connectivity index (χ4v) is 2.54. The third-order valence-corrected chi connectivity index (χ3v) is 3.61. The minimum atomic E-state index is 0.656. The van der Waals surface area contributed by atoms with E-state index in [1.54, 1.807) is 12.7 Å². The SMILES string of the molecule is CCOc1ccc(CNCCC2=CCCC2)cc1OC. The molecule has 3 heteroatoms. The largest absolute Gasteiger partial charge is 0.493 e. The van der Waals surface area contributed by atoms with Gasteiger partial charge in [-0.05, 0) is 56.8 Å². The first kappa shape index (κ1) is 14.9. The van der Waals surface area contributed by atoms with Gasteiger partial charge in [0.15, 0.2) is 11.5 Å². The van der Waals surface area contributed by atoms with Crippen molar-refractivity contribution in [2.24, 2.45) is 0 Å². The van der Waals surface area contributed by atoms with Crippen LogP contribution in [0.1, 0.15) is 38.2 Å². The molecule has 0 fully saturated rings. The molecule has 0 saturated carbocycles. The second-order valence-electron chi connectivity index (χ2n) is 5.10. The van der Waals surface area contributed by atoms with Gasteiger partial charge in [0.05, 0.1) is 13.7 Å². The summed E-state index contributed by atoms with van der Waals surface area (Å²) in [5.74, 6) is 1.62. The zero-order chi connectivity index (χ0) is 14.2. The zero-order valence-corrected chi connectivity index (χ0v) is 12.6. The molecule has 0 saturated heterocycles. The number of benzene rings is 1. The van der Waals surface area contributed by atoms with Gasteiger partial charge in [0.1, 0.15) is 0 Å². The van der Waals surface area contributed by atoms with Crippen molar-refractivity contribution in [3.63, 3.8) is 0 Å². The molecule has 1 aromatic rings. The molecule has 0 unspecified atom stereocenters. The van der Waals surface area contributed by atoms with Gasteiger partial charge in [0.2, 0.25) is 0 Å². The molecule has 0 spiro atoms. The van der Waals surface area contributed by atoms with Gasteiger partial charge in [-0.15, -0.1) is 0 Å². The Morgan fingerprint density at radius 2 is 2.15 bits per heavy atom. The summed E-state index contributed by atoms with van der Waals surface area (Å²) in [4.78, 5) is 0. The summed E-state index contributed by atoms with van der Waals surface area (Å²) < 4.78 is 10.9. The molecule has 0 atom stereocenters. The molecule has 0 radical (unpaired) electrons. The highest BCUT2D eigenvalue weighted by molar-refractivity contribution is 5.42. The normalized spacial score (nSPS) is 14.2. The summed E-state index contributed by atoms with van der Waals surface area (Å²) in [6.45, 7) is 4.55. The van der Waals surface area contributed by atoms with Crippen LogP contribution >= 0.6 is 0 Å². The highest BCUT2D eigenvalue weighted by Gasteiger charge is 2.06. The van der Waals surface area contributed by atoms with Gasteiger partial charge in [-0.1, -0.05) is 17.7 Å². The predicted octanol–water partition coefficient (Wildman–Crippen LogP) is 3.68. The molecule has 1 N–H and O–H groups in total. The molecular weight excluding hydrogens is 250 g/mol. The van der Waals surface area contributed by atoms with Crippen LogP contribution in [0.4, 0.5) is 0 Å². The molecule has 20 heavy (non-hydrogen) atoms. The number of hydrogen-bond donors (Lipinski definition) is 1. The topological polar surface area (TPSA) is 30.5 Å². The smallest absolute Gasteiger partial charge is 0.161 e. The summed E-state index contributed by atoms with van der Waals surface area (Å²) in [6.07, 6.45) is 7.46. The van der Waals surface area contributed by atoms with Crippen molar-refractivity contribution in [2.45, 2.75) is 39.2 Å². The van der Waals surface area contributed by atoms with Crippen molar-refractivity contribution in [3.05, 3.63) is 35.4 Å². The van der Waals surface area contributed by atoms with Crippen LogP contribution in [-0.4, -0.2) is 20.3 Å². The number of hydrogen-bond acceptors (Lipinski definition) is 3. The van der Waals surface area contributed by atoms with E-state index in [1.165, 1.54) is 31.2 Å². The molecule has 0 heterocycles. The van der Waals surface area contributed by atoms with E-state index in [0.717, 1.165) is 24.6 Å². The highest BCUT2D eigenvalue weighted by Crippen LogP contribution is 2.28. The number of allylic oxidation sites excluding steroid dienone is 1. The van der Waals surface area contributed by atoms with Gasteiger partial charge >= 0.3 is 0 Å². The molecule has 0 bridgehead atoms. The Kier molecular flexibility index (Phi) is 5.93. The molecule has 2 rings (SSSR count). The van der Waals surface area contributed by atoms with Crippen LogP contribution in [-0.2, 0) is 6.54 Å². The molecule has 1 aliphatic rings. The van der Waals surface area contributed by atoms with Gasteiger partial charge in [0.25, 0.3) is 0 Å². The minimum Gasteiger partial charge on any atom is -0.493 e. The Morgan fingerprint density at radius 3 is 2.85 bits per heavy atom. The van der Waals surface area contributed by atoms with Crippen molar-refractivity contribution in [1.29, 1.82) is 0 Å². The second kappa shape index (κ2) is 7.95. The van der Waals surface area contributed by atoms with Gasteiger partial charge in [-0.25, -0.2) is 0 Å². The summed E-state index contributed by atoms with van der Waals surface area (Å²) in [7, 11) is 1.68. The average molecular weight is 275 g/mol. The van der Waals surface area contributed by atoms with Gasteiger partial charge < -0.3 is 14.8 Å². The fraction of sp³-hybridized carbons (Fsp3) is 0.529. The lowest BCUT2D eigenvalue weighted by Gasteiger charge is -2.11. The van der Waals surface area contributed by atoms with Gasteiger partial charge in [-0.2, -0.15) is 0 Å².